The summed E-state index contributed by atoms with van der Waals surface area (Å²) < 4.78 is 10.3. The summed E-state index contributed by atoms with van der Waals surface area (Å²) in [4.78, 5) is 26.6. The molecule has 0 aromatic heterocycles. The van der Waals surface area contributed by atoms with Crippen molar-refractivity contribution in [3.8, 4) is 23.0 Å². The van der Waals surface area contributed by atoms with Crippen molar-refractivity contribution in [2.24, 2.45) is 5.41 Å². The van der Waals surface area contributed by atoms with E-state index in [-0.39, 0.29) is 34.0 Å². The van der Waals surface area contributed by atoms with E-state index in [1.54, 1.807) is 30.3 Å². The minimum absolute atomic E-state index is 0.0108. The molecule has 0 aliphatic heterocycles. The Morgan fingerprint density at radius 1 is 0.865 bits per heavy atom. The van der Waals surface area contributed by atoms with Gasteiger partial charge >= 0.3 is 0 Å². The summed E-state index contributed by atoms with van der Waals surface area (Å²) in [5, 5.41) is 19.7. The number of carbonyl (C=O) groups excluding carboxylic acids is 2. The third-order valence-electron chi connectivity index (χ3n) is 6.62. The van der Waals surface area contributed by atoms with E-state index < -0.39 is 11.6 Å². The zero-order chi connectivity index (χ0) is 27.2. The highest BCUT2D eigenvalue weighted by Gasteiger charge is 2.27. The van der Waals surface area contributed by atoms with Crippen LogP contribution in [0.25, 0.3) is 12.2 Å². The molecule has 0 bridgehead atoms. The summed E-state index contributed by atoms with van der Waals surface area (Å²) in [6, 6.07) is 9.31. The molecule has 0 fully saturated rings. The smallest absolute Gasteiger partial charge is 0.189 e. The van der Waals surface area contributed by atoms with E-state index in [0.29, 0.717) is 11.1 Å². The Bertz CT molecular complexity index is 1310. The predicted molar refractivity (Wildman–Crippen MR) is 146 cm³/mol. The van der Waals surface area contributed by atoms with Crippen LogP contribution in [-0.4, -0.2) is 36.0 Å². The van der Waals surface area contributed by atoms with Gasteiger partial charge < -0.3 is 19.7 Å². The number of allylic oxidation sites excluding steroid dienone is 6. The Balaban J connectivity index is 1.99. The van der Waals surface area contributed by atoms with Gasteiger partial charge in [0, 0.05) is 0 Å². The second kappa shape index (κ2) is 11.8. The Morgan fingerprint density at radius 3 is 1.97 bits per heavy atom. The number of ether oxygens (including phenoxy) is 2. The molecule has 0 saturated heterocycles. The molecule has 0 radical (unpaired) electrons. The van der Waals surface area contributed by atoms with Crippen molar-refractivity contribution in [2.45, 2.75) is 40.0 Å². The number of carbonyl (C=O) groups is 2. The molecule has 6 nitrogen and oxygen atoms in total. The number of methoxy groups -OCH3 is 2. The summed E-state index contributed by atoms with van der Waals surface area (Å²) in [5.74, 6) is -0.446. The average Bonchev–Trinajstić information content (AvgIpc) is 2.86. The number of hydrogen-bond donors (Lipinski definition) is 2. The highest BCUT2D eigenvalue weighted by Crippen LogP contribution is 2.40. The van der Waals surface area contributed by atoms with Crippen molar-refractivity contribution < 1.29 is 29.3 Å². The standard InChI is InChI=1S/C31H34O6/c1-20-7-6-16-31(2,3)24(20)11-15-26(33)23(17-22-10-14-28(35)30(19-22)37-5)25(32)12-8-21-9-13-27(34)29(18-21)36-4/h8-15,17-19,34-35H,6-7,16H2,1-5H3. The minimum atomic E-state index is -0.484. The van der Waals surface area contributed by atoms with Crippen LogP contribution in [0.1, 0.15) is 51.2 Å². The first-order valence-corrected chi connectivity index (χ1v) is 12.2. The summed E-state index contributed by atoms with van der Waals surface area (Å²) in [7, 11) is 2.87. The number of ketones is 2. The lowest BCUT2D eigenvalue weighted by atomic mass is 9.72. The van der Waals surface area contributed by atoms with Crippen LogP contribution in [0, 0.1) is 5.41 Å². The van der Waals surface area contributed by atoms with E-state index in [1.165, 1.54) is 50.2 Å². The number of aromatic hydroxyl groups is 2. The fourth-order valence-corrected chi connectivity index (χ4v) is 4.53. The van der Waals surface area contributed by atoms with Gasteiger partial charge in [0.05, 0.1) is 19.8 Å². The third-order valence-corrected chi connectivity index (χ3v) is 6.62. The quantitative estimate of drug-likeness (QED) is 0.233. The van der Waals surface area contributed by atoms with Crippen molar-refractivity contribution in [2.75, 3.05) is 14.2 Å². The first-order chi connectivity index (χ1) is 17.6. The van der Waals surface area contributed by atoms with Crippen molar-refractivity contribution >= 4 is 23.7 Å². The van der Waals surface area contributed by atoms with Gasteiger partial charge in [0.2, 0.25) is 0 Å². The molecule has 0 heterocycles. The summed E-state index contributed by atoms with van der Waals surface area (Å²) >= 11 is 0. The van der Waals surface area contributed by atoms with Crippen LogP contribution in [0.2, 0.25) is 0 Å². The van der Waals surface area contributed by atoms with Gasteiger partial charge in [-0.25, -0.2) is 0 Å². The Labute approximate surface area is 218 Å². The normalized spacial score (nSPS) is 15.9. The van der Waals surface area contributed by atoms with Crippen molar-refractivity contribution in [3.05, 3.63) is 82.5 Å². The zero-order valence-electron chi connectivity index (χ0n) is 22.0. The molecule has 2 N–H and O–H groups in total. The summed E-state index contributed by atoms with van der Waals surface area (Å²) in [6.45, 7) is 6.42. The lowest BCUT2D eigenvalue weighted by Gasteiger charge is -2.32. The topological polar surface area (TPSA) is 93.1 Å². The molecule has 0 atom stereocenters. The monoisotopic (exact) mass is 502 g/mol. The second-order valence-corrected chi connectivity index (χ2v) is 9.75. The van der Waals surface area contributed by atoms with Crippen LogP contribution in [0.4, 0.5) is 0 Å². The van der Waals surface area contributed by atoms with Gasteiger partial charge in [-0.2, -0.15) is 0 Å². The minimum Gasteiger partial charge on any atom is -0.504 e. The van der Waals surface area contributed by atoms with E-state index in [1.807, 2.05) is 6.08 Å². The van der Waals surface area contributed by atoms with Crippen molar-refractivity contribution in [3.63, 3.8) is 0 Å². The molecule has 3 rings (SSSR count). The Morgan fingerprint density at radius 2 is 1.41 bits per heavy atom. The maximum absolute atomic E-state index is 13.4. The molecule has 1 aliphatic rings. The third kappa shape index (κ3) is 6.79. The summed E-state index contributed by atoms with van der Waals surface area (Å²) in [6.07, 6.45) is 10.8. The summed E-state index contributed by atoms with van der Waals surface area (Å²) in [5.41, 5.74) is 3.46. The highest BCUT2D eigenvalue weighted by atomic mass is 16.5. The van der Waals surface area contributed by atoms with Gasteiger partial charge in [0.25, 0.3) is 0 Å². The van der Waals surface area contributed by atoms with E-state index in [2.05, 4.69) is 20.8 Å². The molecular weight excluding hydrogens is 468 g/mol. The zero-order valence-corrected chi connectivity index (χ0v) is 22.0. The van der Waals surface area contributed by atoms with Crippen molar-refractivity contribution in [1.29, 1.82) is 0 Å². The number of phenols is 2. The molecule has 2 aromatic rings. The van der Waals surface area contributed by atoms with E-state index >= 15 is 0 Å². The molecule has 0 spiro atoms. The predicted octanol–water partition coefficient (Wildman–Crippen LogP) is 6.43. The van der Waals surface area contributed by atoms with Gasteiger partial charge in [0.1, 0.15) is 0 Å². The lowest BCUT2D eigenvalue weighted by Crippen LogP contribution is -2.19. The maximum atomic E-state index is 13.4. The van der Waals surface area contributed by atoms with Gasteiger partial charge in [0.15, 0.2) is 34.6 Å². The highest BCUT2D eigenvalue weighted by molar-refractivity contribution is 6.30. The average molecular weight is 503 g/mol. The molecule has 0 amide bonds. The first kappa shape index (κ1) is 27.5. The molecule has 0 saturated carbocycles. The molecule has 6 heteroatoms. The van der Waals surface area contributed by atoms with Gasteiger partial charge in [-0.15, -0.1) is 0 Å². The Hall–Kier alpha value is -4.06. The number of phenolic OH excluding ortho intramolecular Hbond substituents is 2. The molecular formula is C31H34O6. The second-order valence-electron chi connectivity index (χ2n) is 9.75. The van der Waals surface area contributed by atoms with E-state index in [4.69, 9.17) is 9.47 Å². The van der Waals surface area contributed by atoms with Crippen molar-refractivity contribution in [1.82, 2.24) is 0 Å². The van der Waals surface area contributed by atoms with Gasteiger partial charge in [-0.1, -0.05) is 43.7 Å². The maximum Gasteiger partial charge on any atom is 0.189 e. The van der Waals surface area contributed by atoms with Crippen LogP contribution in [-0.2, 0) is 9.59 Å². The van der Waals surface area contributed by atoms with Gasteiger partial charge in [-0.05, 0) is 90.8 Å². The van der Waals surface area contributed by atoms with Crippen LogP contribution in [0.3, 0.4) is 0 Å². The largest absolute Gasteiger partial charge is 0.504 e. The SMILES string of the molecule is COc1cc(C=CC(=O)C(=Cc2ccc(O)c(OC)c2)C(=O)C=CC2=C(C)CCCC2(C)C)ccc1O. The molecule has 37 heavy (non-hydrogen) atoms. The number of benzene rings is 2. The van der Waals surface area contributed by atoms with E-state index in [0.717, 1.165) is 24.8 Å². The Kier molecular flexibility index (Phi) is 8.77. The fourth-order valence-electron chi connectivity index (χ4n) is 4.53. The van der Waals surface area contributed by atoms with Gasteiger partial charge in [-0.3, -0.25) is 9.59 Å². The van der Waals surface area contributed by atoms with Crippen LogP contribution >= 0.6 is 0 Å². The number of rotatable bonds is 9. The van der Waals surface area contributed by atoms with Crippen LogP contribution < -0.4 is 9.47 Å². The fraction of sp³-hybridized carbons (Fsp3) is 0.290. The number of hydrogen-bond acceptors (Lipinski definition) is 6. The molecule has 194 valence electrons. The molecule has 2 aromatic carbocycles. The first-order valence-electron chi connectivity index (χ1n) is 12.2. The lowest BCUT2D eigenvalue weighted by molar-refractivity contribution is -0.116. The van der Waals surface area contributed by atoms with Crippen LogP contribution in [0.5, 0.6) is 23.0 Å². The van der Waals surface area contributed by atoms with E-state index in [9.17, 15) is 19.8 Å². The molecule has 0 unspecified atom stereocenters. The van der Waals surface area contributed by atoms with Crippen LogP contribution in [0.15, 0.2) is 71.3 Å². The molecule has 1 aliphatic carbocycles.